The van der Waals surface area contributed by atoms with E-state index < -0.39 is 17.9 Å². The fourth-order valence-electron chi connectivity index (χ4n) is 4.40. The van der Waals surface area contributed by atoms with Gasteiger partial charge in [0.2, 0.25) is 11.8 Å². The van der Waals surface area contributed by atoms with E-state index in [4.69, 9.17) is 4.42 Å². The molecule has 2 aromatic carbocycles. The highest BCUT2D eigenvalue weighted by molar-refractivity contribution is 6.04. The number of para-hydroxylation sites is 1. The second-order valence-electron chi connectivity index (χ2n) is 8.51. The fraction of sp³-hybridized carbons (Fsp3) is 0.296. The molecule has 1 aliphatic carbocycles. The van der Waals surface area contributed by atoms with Crippen LogP contribution < -0.4 is 15.5 Å². The van der Waals surface area contributed by atoms with Gasteiger partial charge in [0.1, 0.15) is 6.04 Å². The number of nitrogens with zero attached hydrogens (tertiary/aromatic N) is 1. The smallest absolute Gasteiger partial charge is 0.287 e. The minimum atomic E-state index is -0.878. The van der Waals surface area contributed by atoms with Gasteiger partial charge in [0.25, 0.3) is 5.91 Å². The standard InChI is InChI=1S/C27H29N3O4/c1-19-10-5-8-15-22(19)25(27(33)29-20-11-6-7-12-20)30(21-13-3-2-4-14-21)24(31)18-28-26(32)23-16-9-17-34-23/h2-5,8-10,13-17,20,25H,6-7,11-12,18H2,1H3,(H,28,32)(H,29,33)/t25-/m0/s1. The van der Waals surface area contributed by atoms with Crippen LogP contribution in [0.3, 0.4) is 0 Å². The first-order valence-corrected chi connectivity index (χ1v) is 11.6. The van der Waals surface area contributed by atoms with Crippen LogP contribution in [0.1, 0.15) is 53.4 Å². The molecule has 3 amide bonds. The van der Waals surface area contributed by atoms with Crippen molar-refractivity contribution in [2.45, 2.75) is 44.7 Å². The number of furan rings is 1. The number of carbonyl (C=O) groups is 3. The molecule has 0 unspecified atom stereocenters. The predicted molar refractivity (Wildman–Crippen MR) is 129 cm³/mol. The van der Waals surface area contributed by atoms with Crippen molar-refractivity contribution in [3.8, 4) is 0 Å². The van der Waals surface area contributed by atoms with Gasteiger partial charge in [-0.15, -0.1) is 0 Å². The van der Waals surface area contributed by atoms with Crippen molar-refractivity contribution in [1.29, 1.82) is 0 Å². The minimum absolute atomic E-state index is 0.102. The topological polar surface area (TPSA) is 91.7 Å². The van der Waals surface area contributed by atoms with E-state index in [2.05, 4.69) is 10.6 Å². The summed E-state index contributed by atoms with van der Waals surface area (Å²) >= 11 is 0. The Morgan fingerprint density at radius 2 is 1.68 bits per heavy atom. The lowest BCUT2D eigenvalue weighted by molar-refractivity contribution is -0.126. The maximum absolute atomic E-state index is 13.7. The average Bonchev–Trinajstić information content (AvgIpc) is 3.56. The Kier molecular flexibility index (Phi) is 7.42. The Morgan fingerprint density at radius 3 is 2.35 bits per heavy atom. The van der Waals surface area contributed by atoms with Crippen molar-refractivity contribution in [2.24, 2.45) is 0 Å². The first-order valence-electron chi connectivity index (χ1n) is 11.6. The molecule has 7 heteroatoms. The zero-order valence-corrected chi connectivity index (χ0v) is 19.2. The van der Waals surface area contributed by atoms with E-state index >= 15 is 0 Å². The van der Waals surface area contributed by atoms with Gasteiger partial charge in [-0.3, -0.25) is 19.3 Å². The molecule has 0 spiro atoms. The molecular formula is C27H29N3O4. The summed E-state index contributed by atoms with van der Waals surface area (Å²) in [6.45, 7) is 1.64. The van der Waals surface area contributed by atoms with Crippen LogP contribution in [0.5, 0.6) is 0 Å². The molecule has 4 rings (SSSR count). The molecule has 34 heavy (non-hydrogen) atoms. The summed E-state index contributed by atoms with van der Waals surface area (Å²) < 4.78 is 5.12. The average molecular weight is 460 g/mol. The van der Waals surface area contributed by atoms with Gasteiger partial charge in [0.15, 0.2) is 5.76 Å². The summed E-state index contributed by atoms with van der Waals surface area (Å²) in [6.07, 6.45) is 5.43. The molecule has 0 saturated heterocycles. The second kappa shape index (κ2) is 10.8. The summed E-state index contributed by atoms with van der Waals surface area (Å²) in [4.78, 5) is 41.1. The van der Waals surface area contributed by atoms with Gasteiger partial charge in [-0.2, -0.15) is 0 Å². The van der Waals surface area contributed by atoms with Gasteiger partial charge in [-0.1, -0.05) is 55.3 Å². The van der Waals surface area contributed by atoms with Gasteiger partial charge in [0, 0.05) is 11.7 Å². The van der Waals surface area contributed by atoms with E-state index in [1.165, 1.54) is 17.2 Å². The number of aryl methyl sites for hydroxylation is 1. The molecule has 1 fully saturated rings. The van der Waals surface area contributed by atoms with E-state index in [9.17, 15) is 14.4 Å². The van der Waals surface area contributed by atoms with Crippen LogP contribution in [0.4, 0.5) is 5.69 Å². The highest BCUT2D eigenvalue weighted by Gasteiger charge is 2.35. The maximum Gasteiger partial charge on any atom is 0.287 e. The van der Waals surface area contributed by atoms with Gasteiger partial charge in [-0.05, 0) is 55.2 Å². The van der Waals surface area contributed by atoms with E-state index in [-0.39, 0.29) is 24.3 Å². The Labute approximate surface area is 199 Å². The zero-order chi connectivity index (χ0) is 23.9. The summed E-state index contributed by atoms with van der Waals surface area (Å²) in [5.41, 5.74) is 2.23. The normalized spacial score (nSPS) is 14.4. The molecule has 0 bridgehead atoms. The predicted octanol–water partition coefficient (Wildman–Crippen LogP) is 4.15. The SMILES string of the molecule is Cc1ccccc1[C@@H](C(=O)NC1CCCC1)N(C(=O)CNC(=O)c1ccco1)c1ccccc1. The number of hydrogen-bond acceptors (Lipinski definition) is 4. The van der Waals surface area contributed by atoms with Crippen LogP contribution in [0, 0.1) is 6.92 Å². The highest BCUT2D eigenvalue weighted by atomic mass is 16.3. The molecule has 2 N–H and O–H groups in total. The van der Waals surface area contributed by atoms with E-state index in [0.29, 0.717) is 5.69 Å². The Balaban J connectivity index is 1.67. The van der Waals surface area contributed by atoms with Gasteiger partial charge in [0.05, 0.1) is 12.8 Å². The van der Waals surface area contributed by atoms with Crippen molar-refractivity contribution in [3.05, 3.63) is 89.9 Å². The third-order valence-electron chi connectivity index (χ3n) is 6.14. The van der Waals surface area contributed by atoms with Crippen molar-refractivity contribution in [2.75, 3.05) is 11.4 Å². The number of nitrogens with one attached hydrogen (secondary N) is 2. The number of amides is 3. The van der Waals surface area contributed by atoms with Crippen LogP contribution in [0.2, 0.25) is 0 Å². The largest absolute Gasteiger partial charge is 0.459 e. The zero-order valence-electron chi connectivity index (χ0n) is 19.2. The molecule has 1 atom stereocenters. The third-order valence-corrected chi connectivity index (χ3v) is 6.14. The quantitative estimate of drug-likeness (QED) is 0.529. The number of rotatable bonds is 8. The van der Waals surface area contributed by atoms with E-state index in [1.54, 1.807) is 18.2 Å². The lowest BCUT2D eigenvalue weighted by Gasteiger charge is -2.33. The maximum atomic E-state index is 13.7. The Bertz CT molecular complexity index is 1120. The molecule has 1 aliphatic rings. The molecule has 0 radical (unpaired) electrons. The number of carbonyl (C=O) groups excluding carboxylic acids is 3. The van der Waals surface area contributed by atoms with E-state index in [1.807, 2.05) is 49.4 Å². The van der Waals surface area contributed by atoms with Crippen LogP contribution >= 0.6 is 0 Å². The van der Waals surface area contributed by atoms with Gasteiger partial charge >= 0.3 is 0 Å². The molecule has 7 nitrogen and oxygen atoms in total. The second-order valence-corrected chi connectivity index (χ2v) is 8.51. The molecule has 1 saturated carbocycles. The minimum Gasteiger partial charge on any atom is -0.459 e. The van der Waals surface area contributed by atoms with Crippen molar-refractivity contribution < 1.29 is 18.8 Å². The fourth-order valence-corrected chi connectivity index (χ4v) is 4.40. The van der Waals surface area contributed by atoms with Crippen molar-refractivity contribution >= 4 is 23.4 Å². The first-order chi connectivity index (χ1) is 16.5. The van der Waals surface area contributed by atoms with Gasteiger partial charge in [-0.25, -0.2) is 0 Å². The molecule has 1 heterocycles. The number of anilines is 1. The molecule has 0 aliphatic heterocycles. The number of hydrogen-bond donors (Lipinski definition) is 2. The lowest BCUT2D eigenvalue weighted by atomic mass is 9.97. The first kappa shape index (κ1) is 23.3. The molecular weight excluding hydrogens is 430 g/mol. The van der Waals surface area contributed by atoms with E-state index in [0.717, 1.165) is 36.8 Å². The summed E-state index contributed by atoms with van der Waals surface area (Å²) in [7, 11) is 0. The summed E-state index contributed by atoms with van der Waals surface area (Å²) in [6, 6.07) is 19.0. The third kappa shape index (κ3) is 5.36. The van der Waals surface area contributed by atoms with Crippen LogP contribution in [-0.4, -0.2) is 30.3 Å². The van der Waals surface area contributed by atoms with Crippen LogP contribution in [0.15, 0.2) is 77.4 Å². The van der Waals surface area contributed by atoms with Crippen LogP contribution in [-0.2, 0) is 9.59 Å². The molecule has 1 aromatic heterocycles. The summed E-state index contributed by atoms with van der Waals surface area (Å²) in [5.74, 6) is -1.00. The Morgan fingerprint density at radius 1 is 0.971 bits per heavy atom. The lowest BCUT2D eigenvalue weighted by Crippen LogP contribution is -2.49. The number of benzene rings is 2. The Hall–Kier alpha value is -3.87. The molecule has 3 aromatic rings. The van der Waals surface area contributed by atoms with Gasteiger partial charge < -0.3 is 15.1 Å². The molecule has 176 valence electrons. The van der Waals surface area contributed by atoms with Crippen molar-refractivity contribution in [1.82, 2.24) is 10.6 Å². The van der Waals surface area contributed by atoms with Crippen LogP contribution in [0.25, 0.3) is 0 Å². The monoisotopic (exact) mass is 459 g/mol. The highest BCUT2D eigenvalue weighted by Crippen LogP contribution is 2.30. The summed E-state index contributed by atoms with van der Waals surface area (Å²) in [5, 5.41) is 5.77. The van der Waals surface area contributed by atoms with Crippen molar-refractivity contribution in [3.63, 3.8) is 0 Å².